The van der Waals surface area contributed by atoms with Crippen LogP contribution in [0.2, 0.25) is 0 Å². The number of nitrogens with zero attached hydrogens (tertiary/aromatic N) is 2. The van der Waals surface area contributed by atoms with E-state index in [2.05, 4.69) is 59.4 Å². The third-order valence-electron chi connectivity index (χ3n) is 4.59. The summed E-state index contributed by atoms with van der Waals surface area (Å²) in [5, 5.41) is 4.62. The minimum absolute atomic E-state index is 0.727. The molecule has 0 aliphatic rings. The number of benzene rings is 2. The summed E-state index contributed by atoms with van der Waals surface area (Å²) in [6, 6.07) is 18.6. The van der Waals surface area contributed by atoms with Gasteiger partial charge in [0.25, 0.3) is 0 Å². The fraction of sp³-hybridized carbons (Fsp3) is 0.318. The van der Waals surface area contributed by atoms with E-state index in [9.17, 15) is 0 Å². The topological polar surface area (TPSA) is 37.4 Å². The van der Waals surface area contributed by atoms with E-state index in [-0.39, 0.29) is 0 Å². The summed E-state index contributed by atoms with van der Waals surface area (Å²) in [7, 11) is 0. The van der Waals surface area contributed by atoms with Crippen LogP contribution in [0.5, 0.6) is 5.75 Å². The largest absolute Gasteiger partial charge is 0.492 e. The molecular formula is C22H27N3O. The minimum atomic E-state index is 0.727. The van der Waals surface area contributed by atoms with E-state index < -0.39 is 0 Å². The molecule has 4 nitrogen and oxygen atoms in total. The number of pyridine rings is 1. The molecule has 0 radical (unpaired) electrons. The highest BCUT2D eigenvalue weighted by Gasteiger charge is 2.01. The maximum Gasteiger partial charge on any atom is 0.119 e. The van der Waals surface area contributed by atoms with Crippen molar-refractivity contribution in [3.05, 3.63) is 66.4 Å². The number of likely N-dealkylation sites (N-methyl/N-ethyl adjacent to an activating group) is 1. The van der Waals surface area contributed by atoms with Crippen molar-refractivity contribution < 1.29 is 4.74 Å². The number of aromatic nitrogens is 1. The number of ether oxygens (including phenoxy) is 1. The van der Waals surface area contributed by atoms with Crippen LogP contribution in [-0.4, -0.2) is 36.1 Å². The normalized spacial score (nSPS) is 11.0. The second kappa shape index (κ2) is 9.20. The Hall–Kier alpha value is -2.59. The van der Waals surface area contributed by atoms with E-state index in [1.165, 1.54) is 5.56 Å². The predicted octanol–water partition coefficient (Wildman–Crippen LogP) is 4.57. The van der Waals surface area contributed by atoms with Crippen molar-refractivity contribution in [3.8, 4) is 5.75 Å². The maximum absolute atomic E-state index is 5.84. The van der Waals surface area contributed by atoms with Gasteiger partial charge in [-0.3, -0.25) is 4.98 Å². The van der Waals surface area contributed by atoms with Crippen LogP contribution in [0.25, 0.3) is 10.9 Å². The Kier molecular flexibility index (Phi) is 6.45. The zero-order chi connectivity index (χ0) is 18.2. The molecule has 0 aliphatic carbocycles. The molecule has 0 fully saturated rings. The molecule has 0 atom stereocenters. The monoisotopic (exact) mass is 349 g/mol. The Bertz CT molecular complexity index is 813. The van der Waals surface area contributed by atoms with Gasteiger partial charge in [0.1, 0.15) is 12.4 Å². The maximum atomic E-state index is 5.84. The Morgan fingerprint density at radius 3 is 2.58 bits per heavy atom. The van der Waals surface area contributed by atoms with Crippen molar-refractivity contribution in [2.45, 2.75) is 20.4 Å². The second-order valence-electron chi connectivity index (χ2n) is 6.28. The summed E-state index contributed by atoms with van der Waals surface area (Å²) in [5.41, 5.74) is 3.35. The average molecular weight is 349 g/mol. The number of nitrogens with one attached hydrogen (secondary N) is 1. The number of hydrogen-bond donors (Lipinski definition) is 1. The number of anilines is 1. The zero-order valence-corrected chi connectivity index (χ0v) is 15.6. The molecule has 4 heteroatoms. The second-order valence-corrected chi connectivity index (χ2v) is 6.28. The summed E-state index contributed by atoms with van der Waals surface area (Å²) >= 11 is 0. The van der Waals surface area contributed by atoms with Gasteiger partial charge < -0.3 is 15.0 Å². The van der Waals surface area contributed by atoms with Crippen molar-refractivity contribution in [1.29, 1.82) is 0 Å². The fourth-order valence-corrected chi connectivity index (χ4v) is 2.93. The van der Waals surface area contributed by atoms with Crippen molar-refractivity contribution >= 4 is 16.6 Å². The van der Waals surface area contributed by atoms with Crippen LogP contribution in [0.3, 0.4) is 0 Å². The lowest BCUT2D eigenvalue weighted by Crippen LogP contribution is -2.27. The first kappa shape index (κ1) is 18.2. The SMILES string of the molecule is CCN(CC)CCOc1ccc(CNc2ccc3ncccc3c2)cc1. The van der Waals surface area contributed by atoms with E-state index in [1.54, 1.807) is 0 Å². The van der Waals surface area contributed by atoms with E-state index in [4.69, 9.17) is 4.74 Å². The summed E-state index contributed by atoms with van der Waals surface area (Å²) in [6.45, 7) is 8.96. The van der Waals surface area contributed by atoms with Crippen molar-refractivity contribution in [2.75, 3.05) is 31.6 Å². The lowest BCUT2D eigenvalue weighted by Gasteiger charge is -2.18. The third-order valence-corrected chi connectivity index (χ3v) is 4.59. The van der Waals surface area contributed by atoms with Gasteiger partial charge in [-0.15, -0.1) is 0 Å². The molecule has 1 N–H and O–H groups in total. The molecular weight excluding hydrogens is 322 g/mol. The summed E-state index contributed by atoms with van der Waals surface area (Å²) in [4.78, 5) is 6.71. The Morgan fingerprint density at radius 2 is 1.81 bits per heavy atom. The lowest BCUT2D eigenvalue weighted by atomic mass is 10.2. The zero-order valence-electron chi connectivity index (χ0n) is 15.6. The van der Waals surface area contributed by atoms with Gasteiger partial charge in [-0.2, -0.15) is 0 Å². The number of rotatable bonds is 9. The van der Waals surface area contributed by atoms with Gasteiger partial charge in [0.15, 0.2) is 0 Å². The molecule has 1 aromatic heterocycles. The number of hydrogen-bond acceptors (Lipinski definition) is 4. The van der Waals surface area contributed by atoms with Gasteiger partial charge in [0, 0.05) is 30.4 Å². The highest BCUT2D eigenvalue weighted by atomic mass is 16.5. The molecule has 0 amide bonds. The molecule has 0 saturated carbocycles. The van der Waals surface area contributed by atoms with E-state index in [0.717, 1.165) is 55.1 Å². The quantitative estimate of drug-likeness (QED) is 0.614. The van der Waals surface area contributed by atoms with E-state index in [1.807, 2.05) is 30.5 Å². The molecule has 0 spiro atoms. The fourth-order valence-electron chi connectivity index (χ4n) is 2.93. The smallest absolute Gasteiger partial charge is 0.119 e. The van der Waals surface area contributed by atoms with E-state index in [0.29, 0.717) is 0 Å². The molecule has 0 saturated heterocycles. The highest BCUT2D eigenvalue weighted by Crippen LogP contribution is 2.18. The van der Waals surface area contributed by atoms with Crippen LogP contribution in [0.15, 0.2) is 60.8 Å². The molecule has 3 rings (SSSR count). The third kappa shape index (κ3) is 4.96. The number of fused-ring (bicyclic) bond motifs is 1. The summed E-state index contributed by atoms with van der Waals surface area (Å²) in [5.74, 6) is 0.928. The summed E-state index contributed by atoms with van der Waals surface area (Å²) < 4.78 is 5.84. The molecule has 1 heterocycles. The predicted molar refractivity (Wildman–Crippen MR) is 109 cm³/mol. The molecule has 3 aromatic rings. The van der Waals surface area contributed by atoms with Gasteiger partial charge >= 0.3 is 0 Å². The Morgan fingerprint density at radius 1 is 1.00 bits per heavy atom. The highest BCUT2D eigenvalue weighted by molar-refractivity contribution is 5.82. The van der Waals surface area contributed by atoms with Crippen molar-refractivity contribution in [3.63, 3.8) is 0 Å². The molecule has 0 aliphatic heterocycles. The Labute approximate surface area is 155 Å². The minimum Gasteiger partial charge on any atom is -0.492 e. The standard InChI is InChI=1S/C22H27N3O/c1-3-25(4-2)14-15-26-21-10-7-18(8-11-21)17-24-20-9-12-22-19(16-20)6-5-13-23-22/h5-13,16,24H,3-4,14-15,17H2,1-2H3. The molecule has 0 bridgehead atoms. The first-order chi connectivity index (χ1) is 12.8. The van der Waals surface area contributed by atoms with Crippen LogP contribution in [0, 0.1) is 0 Å². The van der Waals surface area contributed by atoms with Gasteiger partial charge in [0.05, 0.1) is 5.52 Å². The van der Waals surface area contributed by atoms with Crippen LogP contribution in [0.1, 0.15) is 19.4 Å². The van der Waals surface area contributed by atoms with Gasteiger partial charge in [-0.05, 0) is 55.1 Å². The van der Waals surface area contributed by atoms with Crippen LogP contribution >= 0.6 is 0 Å². The molecule has 0 unspecified atom stereocenters. The molecule has 136 valence electrons. The van der Waals surface area contributed by atoms with Gasteiger partial charge in [0.2, 0.25) is 0 Å². The molecule has 2 aromatic carbocycles. The summed E-state index contributed by atoms with van der Waals surface area (Å²) in [6.07, 6.45) is 1.82. The van der Waals surface area contributed by atoms with Crippen molar-refractivity contribution in [2.24, 2.45) is 0 Å². The van der Waals surface area contributed by atoms with Crippen molar-refractivity contribution in [1.82, 2.24) is 9.88 Å². The van der Waals surface area contributed by atoms with Crippen LogP contribution in [-0.2, 0) is 6.54 Å². The first-order valence-corrected chi connectivity index (χ1v) is 9.31. The van der Waals surface area contributed by atoms with E-state index >= 15 is 0 Å². The average Bonchev–Trinajstić information content (AvgIpc) is 2.70. The lowest BCUT2D eigenvalue weighted by molar-refractivity contribution is 0.223. The van der Waals surface area contributed by atoms with Crippen LogP contribution < -0.4 is 10.1 Å². The van der Waals surface area contributed by atoms with Gasteiger partial charge in [-0.25, -0.2) is 0 Å². The van der Waals surface area contributed by atoms with Gasteiger partial charge in [-0.1, -0.05) is 32.0 Å². The van der Waals surface area contributed by atoms with Crippen LogP contribution in [0.4, 0.5) is 5.69 Å². The molecule has 26 heavy (non-hydrogen) atoms. The Balaban J connectivity index is 1.50. The first-order valence-electron chi connectivity index (χ1n) is 9.31.